The Bertz CT molecular complexity index is 698. The molecular formula is C15H20ClNO5S. The van der Waals surface area contributed by atoms with Crippen LogP contribution < -0.4 is 5.32 Å². The molecule has 0 radical (unpaired) electrons. The van der Waals surface area contributed by atoms with E-state index < -0.39 is 27.0 Å². The summed E-state index contributed by atoms with van der Waals surface area (Å²) in [6.07, 6.45) is 1.39. The normalized spacial score (nSPS) is 12.9. The van der Waals surface area contributed by atoms with Gasteiger partial charge in [-0.25, -0.2) is 13.2 Å². The zero-order valence-corrected chi connectivity index (χ0v) is 14.7. The smallest absolute Gasteiger partial charge is 0.337 e. The molecule has 1 aromatic rings. The number of carbonyl (C=O) groups is 2. The number of carboxylic acids is 1. The van der Waals surface area contributed by atoms with E-state index in [9.17, 15) is 18.0 Å². The van der Waals surface area contributed by atoms with Crippen LogP contribution in [0.5, 0.6) is 0 Å². The van der Waals surface area contributed by atoms with E-state index >= 15 is 0 Å². The summed E-state index contributed by atoms with van der Waals surface area (Å²) in [5.74, 6) is -1.94. The highest BCUT2D eigenvalue weighted by Gasteiger charge is 2.31. The Morgan fingerprint density at radius 1 is 1.26 bits per heavy atom. The van der Waals surface area contributed by atoms with Crippen LogP contribution in [0.2, 0.25) is 5.02 Å². The van der Waals surface area contributed by atoms with Gasteiger partial charge < -0.3 is 10.4 Å². The Labute approximate surface area is 140 Å². The second-order valence-corrected chi connectivity index (χ2v) is 7.83. The lowest BCUT2D eigenvalue weighted by molar-refractivity contribution is -0.121. The van der Waals surface area contributed by atoms with Gasteiger partial charge in [-0.05, 0) is 38.0 Å². The van der Waals surface area contributed by atoms with Crippen LogP contribution in [0.1, 0.15) is 44.0 Å². The molecule has 23 heavy (non-hydrogen) atoms. The minimum Gasteiger partial charge on any atom is -0.478 e. The minimum atomic E-state index is -4.01. The maximum Gasteiger partial charge on any atom is 0.337 e. The molecule has 0 saturated carbocycles. The van der Waals surface area contributed by atoms with E-state index in [2.05, 4.69) is 5.32 Å². The molecule has 0 unspecified atom stereocenters. The zero-order chi connectivity index (χ0) is 17.8. The van der Waals surface area contributed by atoms with Crippen molar-refractivity contribution in [2.75, 3.05) is 0 Å². The number of sulfone groups is 1. The van der Waals surface area contributed by atoms with Gasteiger partial charge in [0.2, 0.25) is 5.91 Å². The topological polar surface area (TPSA) is 101 Å². The standard InChI is InChI=1S/C15H20ClNO5S/c1-4-10(5-2)17-14(18)9(3)23(21,22)11-6-7-13(16)12(8-11)15(19)20/h6-10H,4-5H2,1-3H3,(H,17,18)(H,19,20)/t9-/m0/s1. The van der Waals surface area contributed by atoms with Gasteiger partial charge in [0.25, 0.3) is 0 Å². The molecule has 0 heterocycles. The summed E-state index contributed by atoms with van der Waals surface area (Å²) in [5.41, 5.74) is -0.319. The van der Waals surface area contributed by atoms with Crippen molar-refractivity contribution in [1.29, 1.82) is 0 Å². The van der Waals surface area contributed by atoms with Gasteiger partial charge in [0.1, 0.15) is 5.25 Å². The first-order chi connectivity index (χ1) is 10.6. The average molecular weight is 362 g/mol. The molecule has 2 N–H and O–H groups in total. The summed E-state index contributed by atoms with van der Waals surface area (Å²) in [4.78, 5) is 23.0. The SMILES string of the molecule is CCC(CC)NC(=O)[C@H](C)S(=O)(=O)c1ccc(Cl)c(C(=O)O)c1. The number of nitrogens with one attached hydrogen (secondary N) is 1. The van der Waals surface area contributed by atoms with E-state index in [-0.39, 0.29) is 21.5 Å². The molecular weight excluding hydrogens is 342 g/mol. The van der Waals surface area contributed by atoms with Crippen LogP contribution in [0.4, 0.5) is 0 Å². The van der Waals surface area contributed by atoms with Crippen molar-refractivity contribution in [2.45, 2.75) is 49.8 Å². The van der Waals surface area contributed by atoms with Crippen molar-refractivity contribution in [1.82, 2.24) is 5.32 Å². The molecule has 0 spiro atoms. The molecule has 1 atom stereocenters. The molecule has 0 aliphatic heterocycles. The predicted octanol–water partition coefficient (Wildman–Crippen LogP) is 2.51. The molecule has 0 aliphatic carbocycles. The van der Waals surface area contributed by atoms with Gasteiger partial charge in [0.15, 0.2) is 9.84 Å². The number of carboxylic acid groups (broad SMARTS) is 1. The van der Waals surface area contributed by atoms with Gasteiger partial charge in [-0.1, -0.05) is 25.4 Å². The first-order valence-corrected chi connectivity index (χ1v) is 9.14. The lowest BCUT2D eigenvalue weighted by Crippen LogP contribution is -2.43. The fourth-order valence-corrected chi connectivity index (χ4v) is 3.50. The lowest BCUT2D eigenvalue weighted by atomic mass is 10.2. The molecule has 0 saturated heterocycles. The number of halogens is 1. The monoisotopic (exact) mass is 361 g/mol. The average Bonchev–Trinajstić information content (AvgIpc) is 2.51. The van der Waals surface area contributed by atoms with E-state index in [0.29, 0.717) is 12.8 Å². The molecule has 8 heteroatoms. The summed E-state index contributed by atoms with van der Waals surface area (Å²) in [6, 6.07) is 3.27. The van der Waals surface area contributed by atoms with Crippen molar-refractivity contribution >= 4 is 33.3 Å². The molecule has 0 bridgehead atoms. The Hall–Kier alpha value is -1.60. The van der Waals surface area contributed by atoms with Crippen molar-refractivity contribution in [2.24, 2.45) is 0 Å². The van der Waals surface area contributed by atoms with Crippen LogP contribution in [0, 0.1) is 0 Å². The zero-order valence-electron chi connectivity index (χ0n) is 13.2. The van der Waals surface area contributed by atoms with Gasteiger partial charge in [0.05, 0.1) is 15.5 Å². The number of aromatic carboxylic acids is 1. The third kappa shape index (κ3) is 4.45. The molecule has 1 amide bonds. The number of benzene rings is 1. The predicted molar refractivity (Wildman–Crippen MR) is 87.6 cm³/mol. The largest absolute Gasteiger partial charge is 0.478 e. The Morgan fingerprint density at radius 2 is 1.83 bits per heavy atom. The number of hydrogen-bond donors (Lipinski definition) is 2. The van der Waals surface area contributed by atoms with E-state index in [4.69, 9.17) is 16.7 Å². The Kier molecular flexibility index (Phi) is 6.58. The van der Waals surface area contributed by atoms with Gasteiger partial charge in [-0.15, -0.1) is 0 Å². The van der Waals surface area contributed by atoms with Crippen molar-refractivity contribution in [3.63, 3.8) is 0 Å². The minimum absolute atomic E-state index is 0.0643. The summed E-state index contributed by atoms with van der Waals surface area (Å²) >= 11 is 5.73. The quantitative estimate of drug-likeness (QED) is 0.777. The fourth-order valence-electron chi connectivity index (χ4n) is 2.00. The third-order valence-corrected chi connectivity index (χ3v) is 6.05. The molecule has 128 valence electrons. The number of rotatable bonds is 7. The molecule has 1 rings (SSSR count). The highest BCUT2D eigenvalue weighted by molar-refractivity contribution is 7.92. The van der Waals surface area contributed by atoms with Crippen LogP contribution >= 0.6 is 11.6 Å². The van der Waals surface area contributed by atoms with Crippen LogP contribution in [-0.4, -0.2) is 36.7 Å². The maximum atomic E-state index is 12.5. The Balaban J connectivity index is 3.13. The van der Waals surface area contributed by atoms with Gasteiger partial charge in [-0.2, -0.15) is 0 Å². The Morgan fingerprint density at radius 3 is 2.30 bits per heavy atom. The third-order valence-electron chi connectivity index (χ3n) is 3.66. The summed E-state index contributed by atoms with van der Waals surface area (Å²) in [5, 5.41) is 10.3. The number of carbonyl (C=O) groups excluding carboxylic acids is 1. The van der Waals surface area contributed by atoms with E-state index in [0.717, 1.165) is 6.07 Å². The van der Waals surface area contributed by atoms with E-state index in [1.807, 2.05) is 13.8 Å². The van der Waals surface area contributed by atoms with E-state index in [1.54, 1.807) is 0 Å². The van der Waals surface area contributed by atoms with Crippen LogP contribution in [0.3, 0.4) is 0 Å². The van der Waals surface area contributed by atoms with Crippen LogP contribution in [-0.2, 0) is 14.6 Å². The van der Waals surface area contributed by atoms with E-state index in [1.165, 1.54) is 19.1 Å². The molecule has 1 aromatic carbocycles. The molecule has 0 fully saturated rings. The van der Waals surface area contributed by atoms with Crippen LogP contribution in [0.15, 0.2) is 23.1 Å². The maximum absolute atomic E-state index is 12.5. The number of hydrogen-bond acceptors (Lipinski definition) is 4. The highest BCUT2D eigenvalue weighted by atomic mass is 35.5. The van der Waals surface area contributed by atoms with Crippen molar-refractivity contribution in [3.8, 4) is 0 Å². The second kappa shape index (κ2) is 7.79. The first kappa shape index (κ1) is 19.4. The summed E-state index contributed by atoms with van der Waals surface area (Å²) in [7, 11) is -4.01. The van der Waals surface area contributed by atoms with Gasteiger partial charge in [0, 0.05) is 6.04 Å². The first-order valence-electron chi connectivity index (χ1n) is 7.22. The van der Waals surface area contributed by atoms with Gasteiger partial charge in [-0.3, -0.25) is 4.79 Å². The second-order valence-electron chi connectivity index (χ2n) is 5.16. The molecule has 0 aliphatic rings. The number of amides is 1. The van der Waals surface area contributed by atoms with Crippen molar-refractivity contribution < 1.29 is 23.1 Å². The molecule has 0 aromatic heterocycles. The fraction of sp³-hybridized carbons (Fsp3) is 0.467. The lowest BCUT2D eigenvalue weighted by Gasteiger charge is -2.19. The van der Waals surface area contributed by atoms with Crippen molar-refractivity contribution in [3.05, 3.63) is 28.8 Å². The molecule has 6 nitrogen and oxygen atoms in total. The summed E-state index contributed by atoms with van der Waals surface area (Å²) < 4.78 is 25.0. The van der Waals surface area contributed by atoms with Gasteiger partial charge >= 0.3 is 5.97 Å². The highest BCUT2D eigenvalue weighted by Crippen LogP contribution is 2.23. The van der Waals surface area contributed by atoms with Crippen LogP contribution in [0.25, 0.3) is 0 Å². The summed E-state index contributed by atoms with van der Waals surface area (Å²) in [6.45, 7) is 5.07.